The Morgan fingerprint density at radius 1 is 1.36 bits per heavy atom. The summed E-state index contributed by atoms with van der Waals surface area (Å²) in [7, 11) is 0. The highest BCUT2D eigenvalue weighted by molar-refractivity contribution is 6.37. The minimum absolute atomic E-state index is 0.111. The van der Waals surface area contributed by atoms with Crippen LogP contribution in [0.2, 0.25) is 10.0 Å². The van der Waals surface area contributed by atoms with E-state index in [9.17, 15) is 9.18 Å². The molecule has 0 atom stereocenters. The van der Waals surface area contributed by atoms with Crippen LogP contribution in [0.4, 0.5) is 4.39 Å². The molecule has 0 fully saturated rings. The Labute approximate surface area is 90.6 Å². The Hall–Kier alpha value is -0.800. The van der Waals surface area contributed by atoms with E-state index in [4.69, 9.17) is 27.9 Å². The highest BCUT2D eigenvalue weighted by Gasteiger charge is 2.09. The highest BCUT2D eigenvalue weighted by Crippen LogP contribution is 2.33. The second kappa shape index (κ2) is 5.17. The Kier molecular flexibility index (Phi) is 4.17. The fourth-order valence-corrected chi connectivity index (χ4v) is 1.54. The molecular weight excluding hydrogens is 230 g/mol. The Bertz CT molecular complexity index is 319. The number of alkyl halides is 1. The summed E-state index contributed by atoms with van der Waals surface area (Å²) in [5.41, 5.74) is 0.354. The molecular formula is C9H7Cl2FO2. The molecule has 0 N–H and O–H groups in total. The molecule has 1 aromatic carbocycles. The van der Waals surface area contributed by atoms with E-state index in [0.29, 0.717) is 11.8 Å². The van der Waals surface area contributed by atoms with Gasteiger partial charge in [-0.15, -0.1) is 0 Å². The minimum atomic E-state index is -0.623. The Balaban J connectivity index is 2.99. The number of rotatable bonds is 4. The summed E-state index contributed by atoms with van der Waals surface area (Å²) in [6, 6.07) is 2.82. The summed E-state index contributed by atoms with van der Waals surface area (Å²) in [5.74, 6) is 0.205. The smallest absolute Gasteiger partial charge is 0.156 e. The highest BCUT2D eigenvalue weighted by atomic mass is 35.5. The number of hydrogen-bond acceptors (Lipinski definition) is 2. The van der Waals surface area contributed by atoms with E-state index in [-0.39, 0.29) is 22.4 Å². The molecule has 5 heteroatoms. The third-order valence-corrected chi connectivity index (χ3v) is 2.04. The second-order valence-corrected chi connectivity index (χ2v) is 3.28. The molecule has 0 unspecified atom stereocenters. The first kappa shape index (κ1) is 11.3. The predicted octanol–water partition coefficient (Wildman–Crippen LogP) is 3.15. The lowest BCUT2D eigenvalue weighted by Crippen LogP contribution is -2.00. The van der Waals surface area contributed by atoms with Crippen molar-refractivity contribution in [2.24, 2.45) is 0 Å². The Morgan fingerprint density at radius 3 is 2.36 bits per heavy atom. The van der Waals surface area contributed by atoms with Gasteiger partial charge in [0.15, 0.2) is 5.75 Å². The van der Waals surface area contributed by atoms with Gasteiger partial charge in [0, 0.05) is 5.56 Å². The van der Waals surface area contributed by atoms with Crippen LogP contribution in [0.1, 0.15) is 10.4 Å². The monoisotopic (exact) mass is 236 g/mol. The zero-order valence-electron chi connectivity index (χ0n) is 7.10. The molecule has 0 spiro atoms. The van der Waals surface area contributed by atoms with Crippen LogP contribution in [-0.2, 0) is 0 Å². The summed E-state index contributed by atoms with van der Waals surface area (Å²) < 4.78 is 16.8. The number of aldehydes is 1. The topological polar surface area (TPSA) is 26.3 Å². The van der Waals surface area contributed by atoms with Crippen LogP contribution >= 0.6 is 23.2 Å². The van der Waals surface area contributed by atoms with Crippen molar-refractivity contribution in [2.45, 2.75) is 0 Å². The van der Waals surface area contributed by atoms with E-state index in [1.54, 1.807) is 0 Å². The van der Waals surface area contributed by atoms with Crippen LogP contribution in [0.3, 0.4) is 0 Å². The van der Waals surface area contributed by atoms with Gasteiger partial charge in [0.1, 0.15) is 19.6 Å². The predicted molar refractivity (Wildman–Crippen MR) is 53.3 cm³/mol. The first-order valence-electron chi connectivity index (χ1n) is 3.82. The molecule has 0 aliphatic rings. The standard InChI is InChI=1S/C9H7Cl2FO2/c10-7-3-6(5-13)4-8(11)9(7)14-2-1-12/h3-5H,1-2H2. The van der Waals surface area contributed by atoms with E-state index in [2.05, 4.69) is 0 Å². The number of carbonyl (C=O) groups is 1. The van der Waals surface area contributed by atoms with Crippen LogP contribution in [0.25, 0.3) is 0 Å². The van der Waals surface area contributed by atoms with Gasteiger partial charge in [0.05, 0.1) is 10.0 Å². The van der Waals surface area contributed by atoms with Crippen molar-refractivity contribution in [3.63, 3.8) is 0 Å². The summed E-state index contributed by atoms with van der Waals surface area (Å²) in [4.78, 5) is 10.4. The van der Waals surface area contributed by atoms with Crippen molar-refractivity contribution >= 4 is 29.5 Å². The van der Waals surface area contributed by atoms with Gasteiger partial charge in [0.2, 0.25) is 0 Å². The van der Waals surface area contributed by atoms with Crippen molar-refractivity contribution < 1.29 is 13.9 Å². The van der Waals surface area contributed by atoms with Crippen molar-refractivity contribution in [1.29, 1.82) is 0 Å². The Morgan fingerprint density at radius 2 is 1.93 bits per heavy atom. The number of hydrogen-bond donors (Lipinski definition) is 0. The molecule has 76 valence electrons. The SMILES string of the molecule is O=Cc1cc(Cl)c(OCCF)c(Cl)c1. The molecule has 0 aliphatic carbocycles. The van der Waals surface area contributed by atoms with Crippen LogP contribution in [0.5, 0.6) is 5.75 Å². The zero-order valence-corrected chi connectivity index (χ0v) is 8.61. The summed E-state index contributed by atoms with van der Waals surface area (Å²) >= 11 is 11.5. The molecule has 0 bridgehead atoms. The number of ether oxygens (including phenoxy) is 1. The molecule has 0 aliphatic heterocycles. The van der Waals surface area contributed by atoms with Crippen molar-refractivity contribution in [3.8, 4) is 5.75 Å². The average molecular weight is 237 g/mol. The average Bonchev–Trinajstić information content (AvgIpc) is 2.16. The minimum Gasteiger partial charge on any atom is -0.488 e. The quantitative estimate of drug-likeness (QED) is 0.752. The van der Waals surface area contributed by atoms with E-state index in [1.165, 1.54) is 12.1 Å². The summed E-state index contributed by atoms with van der Waals surface area (Å²) in [6.45, 7) is -0.734. The van der Waals surface area contributed by atoms with E-state index in [0.717, 1.165) is 0 Å². The van der Waals surface area contributed by atoms with Crippen LogP contribution < -0.4 is 4.74 Å². The van der Waals surface area contributed by atoms with Crippen molar-refractivity contribution in [1.82, 2.24) is 0 Å². The van der Waals surface area contributed by atoms with E-state index >= 15 is 0 Å². The van der Waals surface area contributed by atoms with E-state index < -0.39 is 6.67 Å². The molecule has 0 saturated heterocycles. The lowest BCUT2D eigenvalue weighted by molar-refractivity contribution is 0.112. The largest absolute Gasteiger partial charge is 0.488 e. The number of benzene rings is 1. The third-order valence-electron chi connectivity index (χ3n) is 1.48. The number of halogens is 3. The molecule has 0 aromatic heterocycles. The molecule has 1 aromatic rings. The summed E-state index contributed by atoms with van der Waals surface area (Å²) in [6.07, 6.45) is 0.622. The lowest BCUT2D eigenvalue weighted by atomic mass is 10.2. The molecule has 2 nitrogen and oxygen atoms in total. The second-order valence-electron chi connectivity index (χ2n) is 2.47. The van der Waals surface area contributed by atoms with Crippen LogP contribution in [0.15, 0.2) is 12.1 Å². The van der Waals surface area contributed by atoms with Gasteiger partial charge in [-0.1, -0.05) is 23.2 Å². The molecule has 14 heavy (non-hydrogen) atoms. The van der Waals surface area contributed by atoms with Gasteiger partial charge >= 0.3 is 0 Å². The first-order chi connectivity index (χ1) is 6.69. The van der Waals surface area contributed by atoms with Crippen LogP contribution in [0, 0.1) is 0 Å². The van der Waals surface area contributed by atoms with Gasteiger partial charge in [-0.3, -0.25) is 4.79 Å². The fourth-order valence-electron chi connectivity index (χ4n) is 0.926. The molecule has 0 amide bonds. The molecule has 1 rings (SSSR count). The summed E-state index contributed by atoms with van der Waals surface area (Å²) in [5, 5.41) is 0.404. The van der Waals surface area contributed by atoms with Gasteiger partial charge in [-0.25, -0.2) is 4.39 Å². The maximum Gasteiger partial charge on any atom is 0.156 e. The van der Waals surface area contributed by atoms with Crippen LogP contribution in [-0.4, -0.2) is 19.6 Å². The van der Waals surface area contributed by atoms with Gasteiger partial charge < -0.3 is 4.74 Å². The van der Waals surface area contributed by atoms with Gasteiger partial charge in [-0.05, 0) is 12.1 Å². The van der Waals surface area contributed by atoms with Gasteiger partial charge in [-0.2, -0.15) is 0 Å². The zero-order chi connectivity index (χ0) is 10.6. The van der Waals surface area contributed by atoms with Gasteiger partial charge in [0.25, 0.3) is 0 Å². The van der Waals surface area contributed by atoms with Crippen molar-refractivity contribution in [2.75, 3.05) is 13.3 Å². The lowest BCUT2D eigenvalue weighted by Gasteiger charge is -2.08. The fraction of sp³-hybridized carbons (Fsp3) is 0.222. The number of carbonyl (C=O) groups excluding carboxylic acids is 1. The molecule has 0 heterocycles. The normalized spacial score (nSPS) is 9.93. The van der Waals surface area contributed by atoms with E-state index in [1.807, 2.05) is 0 Å². The maximum absolute atomic E-state index is 11.8. The third kappa shape index (κ3) is 2.59. The van der Waals surface area contributed by atoms with Crippen molar-refractivity contribution in [3.05, 3.63) is 27.7 Å². The maximum atomic E-state index is 11.8. The molecule has 0 saturated carbocycles. The first-order valence-corrected chi connectivity index (χ1v) is 4.57. The molecule has 0 radical (unpaired) electrons.